The quantitative estimate of drug-likeness (QED) is 0.198. The molecule has 0 atom stereocenters. The Balaban J connectivity index is 1.88. The van der Waals surface area contributed by atoms with Gasteiger partial charge in [0.15, 0.2) is 0 Å². The summed E-state index contributed by atoms with van der Waals surface area (Å²) in [6.45, 7) is 1.32. The molecule has 1 amide bonds. The average molecular weight is 521 g/mol. The van der Waals surface area contributed by atoms with Gasteiger partial charge >= 0.3 is 11.9 Å². The molecule has 0 fully saturated rings. The summed E-state index contributed by atoms with van der Waals surface area (Å²) < 4.78 is 0. The van der Waals surface area contributed by atoms with E-state index in [4.69, 9.17) is 21.7 Å². The molecule has 0 unspecified atom stereocenters. The van der Waals surface area contributed by atoms with Crippen molar-refractivity contribution in [3.63, 3.8) is 0 Å². The van der Waals surface area contributed by atoms with Crippen molar-refractivity contribution >= 4 is 46.3 Å². The van der Waals surface area contributed by atoms with Crippen LogP contribution < -0.4 is 27.4 Å². The highest BCUT2D eigenvalue weighted by Gasteiger charge is 2.12. The number of carboxylic acid groups (broad SMARTS) is 2. The van der Waals surface area contributed by atoms with Crippen molar-refractivity contribution in [1.82, 2.24) is 4.98 Å². The SMILES string of the molecule is CC(=O)Nc1cc(/C(N)=C/Nc2ccc(C(=O)O)c(O)c2)nc(/C(N)=C/Nc2ccc(C(=O)O)c(O)c2)c1. The summed E-state index contributed by atoms with van der Waals surface area (Å²) >= 11 is 0. The smallest absolute Gasteiger partial charge is 0.339 e. The van der Waals surface area contributed by atoms with Gasteiger partial charge in [-0.05, 0) is 36.4 Å². The van der Waals surface area contributed by atoms with Crippen LogP contribution in [0.5, 0.6) is 11.5 Å². The first-order valence-corrected chi connectivity index (χ1v) is 10.8. The van der Waals surface area contributed by atoms with Crippen molar-refractivity contribution < 1.29 is 34.8 Å². The molecule has 13 nitrogen and oxygen atoms in total. The lowest BCUT2D eigenvalue weighted by molar-refractivity contribution is -0.114. The first kappa shape index (κ1) is 26.9. The highest BCUT2D eigenvalue weighted by atomic mass is 16.4. The van der Waals surface area contributed by atoms with Gasteiger partial charge in [-0.3, -0.25) is 4.79 Å². The number of amides is 1. The number of nitrogens with zero attached hydrogens (tertiary/aromatic N) is 1. The number of aromatic nitrogens is 1. The van der Waals surface area contributed by atoms with Gasteiger partial charge in [-0.15, -0.1) is 0 Å². The van der Waals surface area contributed by atoms with Crippen molar-refractivity contribution in [1.29, 1.82) is 0 Å². The minimum atomic E-state index is -1.27. The lowest BCUT2D eigenvalue weighted by Gasteiger charge is -2.11. The van der Waals surface area contributed by atoms with Gasteiger partial charge in [-0.1, -0.05) is 0 Å². The van der Waals surface area contributed by atoms with Crippen LogP contribution in [0.2, 0.25) is 0 Å². The van der Waals surface area contributed by atoms with E-state index in [2.05, 4.69) is 20.9 Å². The number of hydrogen-bond acceptors (Lipinski definition) is 10. The van der Waals surface area contributed by atoms with Crippen molar-refractivity contribution in [3.05, 3.63) is 83.4 Å². The fourth-order valence-electron chi connectivity index (χ4n) is 3.18. The molecule has 0 radical (unpaired) electrons. The summed E-state index contributed by atoms with van der Waals surface area (Å²) in [7, 11) is 0. The minimum absolute atomic E-state index is 0.121. The van der Waals surface area contributed by atoms with Crippen molar-refractivity contribution in [2.24, 2.45) is 11.5 Å². The Kier molecular flexibility index (Phi) is 8.02. The Morgan fingerprint density at radius 3 is 1.50 bits per heavy atom. The molecular formula is C25H24N6O7. The second-order valence-corrected chi connectivity index (χ2v) is 7.87. The predicted molar refractivity (Wildman–Crippen MR) is 140 cm³/mol. The van der Waals surface area contributed by atoms with Crippen molar-refractivity contribution in [2.45, 2.75) is 6.92 Å². The van der Waals surface area contributed by atoms with E-state index in [1.165, 1.54) is 67.9 Å². The van der Waals surface area contributed by atoms with Gasteiger partial charge in [-0.2, -0.15) is 0 Å². The molecule has 196 valence electrons. The lowest BCUT2D eigenvalue weighted by atomic mass is 10.1. The fraction of sp³-hybridized carbons (Fsp3) is 0.0400. The molecule has 0 saturated heterocycles. The third kappa shape index (κ3) is 6.69. The zero-order chi connectivity index (χ0) is 28.0. The molecule has 3 aromatic rings. The number of pyridine rings is 1. The normalized spacial score (nSPS) is 11.5. The molecular weight excluding hydrogens is 496 g/mol. The first-order chi connectivity index (χ1) is 17.9. The number of carboxylic acids is 2. The van der Waals surface area contributed by atoms with E-state index in [9.17, 15) is 24.6 Å². The number of anilines is 3. The van der Waals surface area contributed by atoms with Gasteiger partial charge in [0.1, 0.15) is 22.6 Å². The Hall–Kier alpha value is -5.72. The van der Waals surface area contributed by atoms with Gasteiger partial charge in [0.05, 0.1) is 22.8 Å². The number of benzene rings is 2. The maximum Gasteiger partial charge on any atom is 0.339 e. The Labute approximate surface area is 215 Å². The number of hydrogen-bond donors (Lipinski definition) is 9. The number of rotatable bonds is 9. The second kappa shape index (κ2) is 11.3. The molecule has 38 heavy (non-hydrogen) atoms. The third-order valence-corrected chi connectivity index (χ3v) is 4.98. The van der Waals surface area contributed by atoms with E-state index in [-0.39, 0.29) is 39.8 Å². The van der Waals surface area contributed by atoms with Crippen molar-refractivity contribution in [3.8, 4) is 11.5 Å². The van der Waals surface area contributed by atoms with E-state index in [1.807, 2.05) is 0 Å². The monoisotopic (exact) mass is 520 g/mol. The molecule has 2 aromatic carbocycles. The summed E-state index contributed by atoms with van der Waals surface area (Å²) in [5.41, 5.74) is 13.6. The average Bonchev–Trinajstić information content (AvgIpc) is 2.84. The second-order valence-electron chi connectivity index (χ2n) is 7.87. The van der Waals surface area contributed by atoms with Crippen LogP contribution >= 0.6 is 0 Å². The molecule has 0 aliphatic carbocycles. The number of aromatic carboxylic acids is 2. The van der Waals surface area contributed by atoms with Crippen molar-refractivity contribution in [2.75, 3.05) is 16.0 Å². The summed E-state index contributed by atoms with van der Waals surface area (Å²) in [4.78, 5) is 38.1. The molecule has 13 heteroatoms. The topological polar surface area (TPSA) is 233 Å². The standard InChI is InChI=1S/C25H24N6O7/c1-12(32)30-15-6-20(18(26)10-28-13-2-4-16(24(35)36)22(33)8-13)31-21(7-15)19(27)11-29-14-3-5-17(25(37)38)23(34)9-14/h2-11,28-29,33-34H,26-27H2,1H3,(H,35,36)(H,37,38)(H,30,31,32)/b18-10-,19-11-. The third-order valence-electron chi connectivity index (χ3n) is 4.98. The van der Waals surface area contributed by atoms with Crippen LogP contribution in [0.4, 0.5) is 17.1 Å². The maximum absolute atomic E-state index is 11.6. The van der Waals surface area contributed by atoms with Gasteiger partial charge in [-0.25, -0.2) is 14.6 Å². The molecule has 0 aliphatic heterocycles. The van der Waals surface area contributed by atoms with Crippen LogP contribution in [-0.4, -0.2) is 43.3 Å². The molecule has 11 N–H and O–H groups in total. The van der Waals surface area contributed by atoms with E-state index in [1.54, 1.807) is 0 Å². The number of nitrogens with one attached hydrogen (secondary N) is 3. The minimum Gasteiger partial charge on any atom is -0.507 e. The number of phenols is 2. The summed E-state index contributed by atoms with van der Waals surface area (Å²) in [5.74, 6) is -3.76. The van der Waals surface area contributed by atoms with E-state index in [0.717, 1.165) is 0 Å². The number of carbonyl (C=O) groups excluding carboxylic acids is 1. The van der Waals surface area contributed by atoms with E-state index < -0.39 is 23.4 Å². The van der Waals surface area contributed by atoms with E-state index >= 15 is 0 Å². The zero-order valence-corrected chi connectivity index (χ0v) is 19.9. The Morgan fingerprint density at radius 2 is 1.16 bits per heavy atom. The van der Waals surface area contributed by atoms with Crippen LogP contribution in [0.15, 0.2) is 60.9 Å². The Bertz CT molecular complexity index is 1380. The maximum atomic E-state index is 11.6. The number of aromatic hydroxyl groups is 2. The largest absolute Gasteiger partial charge is 0.507 e. The van der Waals surface area contributed by atoms with E-state index in [0.29, 0.717) is 17.1 Å². The first-order valence-electron chi connectivity index (χ1n) is 10.8. The highest BCUT2D eigenvalue weighted by Crippen LogP contribution is 2.24. The van der Waals surface area contributed by atoms with Crippen LogP contribution in [-0.2, 0) is 4.79 Å². The highest BCUT2D eigenvalue weighted by molar-refractivity contribution is 5.92. The molecule has 0 saturated carbocycles. The molecule has 0 spiro atoms. The number of carbonyl (C=O) groups is 3. The van der Waals surface area contributed by atoms with Crippen LogP contribution in [0, 0.1) is 0 Å². The van der Waals surface area contributed by atoms with Crippen LogP contribution in [0.1, 0.15) is 39.0 Å². The van der Waals surface area contributed by atoms with Crippen LogP contribution in [0.3, 0.4) is 0 Å². The van der Waals surface area contributed by atoms with Crippen LogP contribution in [0.25, 0.3) is 11.4 Å². The molecule has 0 bridgehead atoms. The van der Waals surface area contributed by atoms with Gasteiger partial charge in [0.2, 0.25) is 5.91 Å². The lowest BCUT2D eigenvalue weighted by Crippen LogP contribution is -2.11. The summed E-state index contributed by atoms with van der Waals surface area (Å²) in [5, 5.41) is 46.1. The Morgan fingerprint density at radius 1 is 0.737 bits per heavy atom. The van der Waals surface area contributed by atoms with Gasteiger partial charge in [0, 0.05) is 48.5 Å². The fourth-order valence-corrected chi connectivity index (χ4v) is 3.18. The molecule has 1 heterocycles. The zero-order valence-electron chi connectivity index (χ0n) is 19.9. The van der Waals surface area contributed by atoms with Gasteiger partial charge < -0.3 is 47.8 Å². The van der Waals surface area contributed by atoms with Gasteiger partial charge in [0.25, 0.3) is 0 Å². The number of nitrogens with two attached hydrogens (primary N) is 2. The molecule has 1 aromatic heterocycles. The molecule has 0 aliphatic rings. The predicted octanol–water partition coefficient (Wildman–Crippen LogP) is 2.59. The summed E-state index contributed by atoms with van der Waals surface area (Å²) in [6, 6.07) is 10.8. The summed E-state index contributed by atoms with van der Waals surface area (Å²) in [6.07, 6.45) is 2.73. The molecule has 3 rings (SSSR count).